The van der Waals surface area contributed by atoms with Gasteiger partial charge >= 0.3 is 12.1 Å². The molecule has 6 heteroatoms. The van der Waals surface area contributed by atoms with E-state index in [2.05, 4.69) is 0 Å². The normalized spacial score (nSPS) is 17.6. The van der Waals surface area contributed by atoms with Crippen LogP contribution in [0.4, 0.5) is 13.2 Å². The first-order valence-corrected chi connectivity index (χ1v) is 4.03. The first-order valence-electron chi connectivity index (χ1n) is 4.03. The highest BCUT2D eigenvalue weighted by molar-refractivity contribution is 5.72. The molecule has 0 aliphatic carbocycles. The Bertz CT molecular complexity index is 220. The monoisotopic (exact) mass is 213 g/mol. The fourth-order valence-electron chi connectivity index (χ4n) is 1.25. The lowest BCUT2D eigenvalue weighted by Gasteiger charge is -2.32. The van der Waals surface area contributed by atoms with Crippen LogP contribution in [-0.2, 0) is 4.79 Å². The predicted molar refractivity (Wildman–Crippen MR) is 44.6 cm³/mol. The van der Waals surface area contributed by atoms with E-state index in [0.29, 0.717) is 0 Å². The predicted octanol–water partition coefficient (Wildman–Crippen LogP) is 1.62. The van der Waals surface area contributed by atoms with Gasteiger partial charge in [0.15, 0.2) is 0 Å². The van der Waals surface area contributed by atoms with Gasteiger partial charge in [-0.3, -0.25) is 4.79 Å². The second-order valence-electron chi connectivity index (χ2n) is 4.25. The van der Waals surface area contributed by atoms with Crippen LogP contribution in [-0.4, -0.2) is 23.3 Å². The van der Waals surface area contributed by atoms with E-state index < -0.39 is 29.5 Å². The average molecular weight is 213 g/mol. The van der Waals surface area contributed by atoms with Crippen molar-refractivity contribution >= 4 is 5.97 Å². The third-order valence-corrected chi connectivity index (χ3v) is 1.94. The van der Waals surface area contributed by atoms with Gasteiger partial charge in [-0.25, -0.2) is 0 Å². The van der Waals surface area contributed by atoms with Crippen molar-refractivity contribution in [1.29, 1.82) is 0 Å². The SMILES string of the molecule is CC(C)(C)[C@@H](C(=O)O)[C@@H](N)C(F)(F)F. The summed E-state index contributed by atoms with van der Waals surface area (Å²) in [6.45, 7) is 4.24. The van der Waals surface area contributed by atoms with Gasteiger partial charge in [-0.15, -0.1) is 0 Å². The fourth-order valence-corrected chi connectivity index (χ4v) is 1.25. The largest absolute Gasteiger partial charge is 0.481 e. The number of hydrogen-bond acceptors (Lipinski definition) is 2. The summed E-state index contributed by atoms with van der Waals surface area (Å²) in [5.41, 5.74) is 3.85. The van der Waals surface area contributed by atoms with E-state index in [1.54, 1.807) is 0 Å². The third-order valence-electron chi connectivity index (χ3n) is 1.94. The van der Waals surface area contributed by atoms with E-state index in [9.17, 15) is 18.0 Å². The van der Waals surface area contributed by atoms with E-state index in [1.807, 2.05) is 0 Å². The average Bonchev–Trinajstić information content (AvgIpc) is 1.79. The molecule has 0 heterocycles. The van der Waals surface area contributed by atoms with Crippen LogP contribution in [0.3, 0.4) is 0 Å². The van der Waals surface area contributed by atoms with Crippen molar-refractivity contribution in [2.75, 3.05) is 0 Å². The Hall–Kier alpha value is -0.780. The summed E-state index contributed by atoms with van der Waals surface area (Å²) in [6, 6.07) is -2.33. The van der Waals surface area contributed by atoms with Crippen LogP contribution in [0, 0.1) is 11.3 Å². The molecule has 0 unspecified atom stereocenters. The number of halogens is 3. The Balaban J connectivity index is 4.96. The van der Waals surface area contributed by atoms with Crippen LogP contribution in [0.25, 0.3) is 0 Å². The number of nitrogens with two attached hydrogens (primary N) is 1. The van der Waals surface area contributed by atoms with Crippen molar-refractivity contribution < 1.29 is 23.1 Å². The third kappa shape index (κ3) is 3.17. The first kappa shape index (κ1) is 13.2. The zero-order chi connectivity index (χ0) is 11.7. The zero-order valence-corrected chi connectivity index (χ0v) is 8.22. The smallest absolute Gasteiger partial charge is 0.404 e. The number of carboxylic acids is 1. The molecule has 0 aromatic heterocycles. The zero-order valence-electron chi connectivity index (χ0n) is 8.22. The van der Waals surface area contributed by atoms with Crippen LogP contribution >= 0.6 is 0 Å². The van der Waals surface area contributed by atoms with Gasteiger partial charge in [-0.05, 0) is 5.41 Å². The molecule has 0 aliphatic rings. The minimum absolute atomic E-state index is 1.03. The second-order valence-corrected chi connectivity index (χ2v) is 4.25. The van der Waals surface area contributed by atoms with E-state index >= 15 is 0 Å². The van der Waals surface area contributed by atoms with E-state index in [1.165, 1.54) is 20.8 Å². The van der Waals surface area contributed by atoms with Crippen molar-refractivity contribution in [1.82, 2.24) is 0 Å². The summed E-state index contributed by atoms with van der Waals surface area (Å²) in [4.78, 5) is 10.7. The lowest BCUT2D eigenvalue weighted by molar-refractivity contribution is -0.181. The quantitative estimate of drug-likeness (QED) is 0.732. The molecule has 0 amide bonds. The summed E-state index contributed by atoms with van der Waals surface area (Å²) in [6.07, 6.45) is -4.68. The van der Waals surface area contributed by atoms with Gasteiger partial charge in [0.1, 0.15) is 6.04 Å². The molecule has 0 rings (SSSR count). The summed E-state index contributed by atoms with van der Waals surface area (Å²) in [5, 5.41) is 8.66. The summed E-state index contributed by atoms with van der Waals surface area (Å²) < 4.78 is 36.6. The van der Waals surface area contributed by atoms with E-state index in [-0.39, 0.29) is 0 Å². The van der Waals surface area contributed by atoms with Crippen LogP contribution in [0.1, 0.15) is 20.8 Å². The Morgan fingerprint density at radius 2 is 1.64 bits per heavy atom. The highest BCUT2D eigenvalue weighted by atomic mass is 19.4. The lowest BCUT2D eigenvalue weighted by Crippen LogP contribution is -2.51. The Kier molecular flexibility index (Phi) is 3.55. The molecule has 0 aromatic rings. The fraction of sp³-hybridized carbons (Fsp3) is 0.875. The molecule has 0 saturated heterocycles. The van der Waals surface area contributed by atoms with Crippen LogP contribution in [0.2, 0.25) is 0 Å². The molecule has 14 heavy (non-hydrogen) atoms. The molecule has 2 atom stereocenters. The molecule has 0 fully saturated rings. The van der Waals surface area contributed by atoms with Crippen LogP contribution < -0.4 is 5.73 Å². The number of alkyl halides is 3. The maximum absolute atomic E-state index is 12.2. The number of aliphatic carboxylic acids is 1. The molecule has 0 aliphatic heterocycles. The number of hydrogen-bond donors (Lipinski definition) is 2. The van der Waals surface area contributed by atoms with Gasteiger partial charge in [0.25, 0.3) is 0 Å². The molecule has 84 valence electrons. The minimum atomic E-state index is -4.68. The Labute approximate surface area is 80.1 Å². The molecule has 0 radical (unpaired) electrons. The van der Waals surface area contributed by atoms with Crippen LogP contribution in [0.15, 0.2) is 0 Å². The molecular formula is C8H14F3NO2. The molecule has 0 bridgehead atoms. The van der Waals surface area contributed by atoms with Gasteiger partial charge in [0.2, 0.25) is 0 Å². The molecule has 0 aromatic carbocycles. The lowest BCUT2D eigenvalue weighted by atomic mass is 9.76. The van der Waals surface area contributed by atoms with Crippen molar-refractivity contribution in [3.05, 3.63) is 0 Å². The molecule has 3 N–H and O–H groups in total. The standard InChI is InChI=1S/C8H14F3NO2/c1-7(2,3)4(6(13)14)5(12)8(9,10)11/h4-5H,12H2,1-3H3,(H,13,14)/t4-,5-/m1/s1. The topological polar surface area (TPSA) is 63.3 Å². The van der Waals surface area contributed by atoms with Crippen molar-refractivity contribution in [3.63, 3.8) is 0 Å². The summed E-state index contributed by atoms with van der Waals surface area (Å²) >= 11 is 0. The van der Waals surface area contributed by atoms with Gasteiger partial charge in [-0.2, -0.15) is 13.2 Å². The van der Waals surface area contributed by atoms with Crippen molar-refractivity contribution in [2.45, 2.75) is 33.0 Å². The van der Waals surface area contributed by atoms with E-state index in [4.69, 9.17) is 10.8 Å². The maximum atomic E-state index is 12.2. The number of rotatable bonds is 2. The van der Waals surface area contributed by atoms with Crippen LogP contribution in [0.5, 0.6) is 0 Å². The molecular weight excluding hydrogens is 199 g/mol. The first-order chi connectivity index (χ1) is 5.98. The van der Waals surface area contributed by atoms with Gasteiger partial charge in [0.05, 0.1) is 5.92 Å². The Morgan fingerprint density at radius 3 is 1.71 bits per heavy atom. The van der Waals surface area contributed by atoms with Gasteiger partial charge in [-0.1, -0.05) is 20.8 Å². The maximum Gasteiger partial charge on any atom is 0.404 e. The number of carboxylic acid groups (broad SMARTS) is 1. The van der Waals surface area contributed by atoms with E-state index in [0.717, 1.165) is 0 Å². The Morgan fingerprint density at radius 1 is 1.29 bits per heavy atom. The summed E-state index contributed by atoms with van der Waals surface area (Å²) in [7, 11) is 0. The molecule has 0 saturated carbocycles. The molecule has 3 nitrogen and oxygen atoms in total. The van der Waals surface area contributed by atoms with Crippen molar-refractivity contribution in [2.24, 2.45) is 17.1 Å². The second kappa shape index (κ2) is 3.76. The minimum Gasteiger partial charge on any atom is -0.481 e. The summed E-state index contributed by atoms with van der Waals surface area (Å²) in [5.74, 6) is -3.16. The van der Waals surface area contributed by atoms with Crippen molar-refractivity contribution in [3.8, 4) is 0 Å². The van der Waals surface area contributed by atoms with Gasteiger partial charge < -0.3 is 10.8 Å². The number of carbonyl (C=O) groups is 1. The molecule has 0 spiro atoms. The van der Waals surface area contributed by atoms with Gasteiger partial charge in [0, 0.05) is 0 Å². The highest BCUT2D eigenvalue weighted by Crippen LogP contribution is 2.35. The highest BCUT2D eigenvalue weighted by Gasteiger charge is 2.49.